The number of nitrogens with zero attached hydrogens (tertiary/aromatic N) is 1. The lowest BCUT2D eigenvalue weighted by Crippen LogP contribution is -2.21. The third-order valence-electron chi connectivity index (χ3n) is 8.17. The Morgan fingerprint density at radius 3 is 2.45 bits per heavy atom. The molecule has 4 aromatic carbocycles. The molecule has 1 amide bonds. The molecule has 0 fully saturated rings. The van der Waals surface area contributed by atoms with Crippen molar-refractivity contribution < 1.29 is 24.5 Å². The van der Waals surface area contributed by atoms with Crippen LogP contribution in [-0.4, -0.2) is 37.5 Å². The molecule has 49 heavy (non-hydrogen) atoms. The van der Waals surface area contributed by atoms with Gasteiger partial charge in [-0.3, -0.25) is 14.7 Å². The molecule has 256 valence electrons. The van der Waals surface area contributed by atoms with Crippen molar-refractivity contribution in [3.8, 4) is 16.9 Å². The lowest BCUT2D eigenvalue weighted by molar-refractivity contribution is 0.176. The average molecular weight is 708 g/mol. The van der Waals surface area contributed by atoms with Gasteiger partial charge >= 0.3 is 11.8 Å². The number of oxazole rings is 1. The molecule has 6 aromatic rings. The van der Waals surface area contributed by atoms with E-state index in [1.54, 1.807) is 22.8 Å². The van der Waals surface area contributed by atoms with Gasteiger partial charge in [0.05, 0.1) is 22.8 Å². The van der Waals surface area contributed by atoms with Crippen LogP contribution < -0.4 is 21.9 Å². The van der Waals surface area contributed by atoms with Crippen LogP contribution in [-0.2, 0) is 19.5 Å². The predicted molar refractivity (Wildman–Crippen MR) is 194 cm³/mol. The molecule has 0 aliphatic carbocycles. The van der Waals surface area contributed by atoms with E-state index in [0.29, 0.717) is 40.8 Å². The van der Waals surface area contributed by atoms with Crippen molar-refractivity contribution in [2.45, 2.75) is 38.5 Å². The maximum absolute atomic E-state index is 12.7. The van der Waals surface area contributed by atoms with E-state index in [1.807, 2.05) is 60.7 Å². The number of aromatic hydroxyl groups is 1. The van der Waals surface area contributed by atoms with Gasteiger partial charge in [0.25, 0.3) is 0 Å². The summed E-state index contributed by atoms with van der Waals surface area (Å²) in [5, 5.41) is 36.4. The number of phenols is 1. The number of aliphatic hydroxyl groups is 1. The zero-order chi connectivity index (χ0) is 32.9. The van der Waals surface area contributed by atoms with Crippen molar-refractivity contribution in [1.82, 2.24) is 14.9 Å². The highest BCUT2D eigenvalue weighted by Gasteiger charge is 2.15. The average Bonchev–Trinajstić information content (AvgIpc) is 3.37. The highest BCUT2D eigenvalue weighted by molar-refractivity contribution is 5.91. The molecule has 0 bridgehead atoms. The van der Waals surface area contributed by atoms with E-state index in [4.69, 9.17) is 4.42 Å². The first-order valence-corrected chi connectivity index (χ1v) is 15.3. The van der Waals surface area contributed by atoms with Gasteiger partial charge in [0, 0.05) is 36.7 Å². The first-order chi connectivity index (χ1) is 22.8. The fraction of sp³-hybridized carbons (Fsp3) is 0.194. The summed E-state index contributed by atoms with van der Waals surface area (Å²) in [4.78, 5) is 38.3. The SMILES string of the molecule is Cl.Cl.O=C(O)Nc1ccc(CCCCn2c(=O)oc3cc(CNC[C@H](O)c4ccc(O)c5[nH]c(=O)ccc45)ccc32)cc1-c1ccccc1. The van der Waals surface area contributed by atoms with Crippen molar-refractivity contribution >= 4 is 58.6 Å². The van der Waals surface area contributed by atoms with Crippen LogP contribution in [0.15, 0.2) is 105 Å². The first kappa shape index (κ1) is 36.8. The number of halogens is 2. The number of aliphatic hydroxyl groups excluding tert-OH is 1. The summed E-state index contributed by atoms with van der Waals surface area (Å²) in [6, 6.07) is 26.9. The van der Waals surface area contributed by atoms with E-state index in [2.05, 4.69) is 15.6 Å². The van der Waals surface area contributed by atoms with Crippen LogP contribution >= 0.6 is 24.8 Å². The maximum atomic E-state index is 12.7. The Labute approximate surface area is 293 Å². The summed E-state index contributed by atoms with van der Waals surface area (Å²) >= 11 is 0. The number of aromatic amines is 1. The molecule has 6 N–H and O–H groups in total. The molecule has 0 aliphatic rings. The number of nitrogens with one attached hydrogen (secondary N) is 3. The highest BCUT2D eigenvalue weighted by Crippen LogP contribution is 2.30. The molecule has 2 aromatic heterocycles. The van der Waals surface area contributed by atoms with E-state index in [-0.39, 0.29) is 48.2 Å². The Morgan fingerprint density at radius 1 is 0.898 bits per heavy atom. The molecular weight excluding hydrogens is 671 g/mol. The summed E-state index contributed by atoms with van der Waals surface area (Å²) in [6.07, 6.45) is 0.309. The number of fused-ring (bicyclic) bond motifs is 2. The van der Waals surface area contributed by atoms with Crippen LogP contribution in [0.2, 0.25) is 0 Å². The van der Waals surface area contributed by atoms with Gasteiger partial charge in [-0.15, -0.1) is 24.8 Å². The fourth-order valence-corrected chi connectivity index (χ4v) is 5.87. The Hall–Kier alpha value is -5.07. The van der Waals surface area contributed by atoms with Gasteiger partial charge in [0.2, 0.25) is 5.56 Å². The van der Waals surface area contributed by atoms with Gasteiger partial charge in [0.15, 0.2) is 5.58 Å². The second-order valence-corrected chi connectivity index (χ2v) is 11.4. The molecule has 6 rings (SSSR count). The number of hydrogen-bond acceptors (Lipinski definition) is 7. The molecule has 0 spiro atoms. The number of unbranched alkanes of at least 4 members (excludes halogenated alkanes) is 1. The molecular formula is C36H36Cl2N4O7. The number of H-pyrrole nitrogens is 1. The number of hydrogen-bond donors (Lipinski definition) is 6. The summed E-state index contributed by atoms with van der Waals surface area (Å²) < 4.78 is 7.18. The molecule has 0 aliphatic heterocycles. The van der Waals surface area contributed by atoms with Gasteiger partial charge in [-0.25, -0.2) is 9.59 Å². The van der Waals surface area contributed by atoms with Crippen molar-refractivity contribution in [1.29, 1.82) is 0 Å². The van der Waals surface area contributed by atoms with Gasteiger partial charge in [-0.2, -0.15) is 0 Å². The zero-order valence-corrected chi connectivity index (χ0v) is 27.9. The van der Waals surface area contributed by atoms with Gasteiger partial charge < -0.3 is 30.0 Å². The molecule has 2 heterocycles. The Balaban J connectivity index is 0.00000270. The molecule has 13 heteroatoms. The lowest BCUT2D eigenvalue weighted by atomic mass is 9.98. The van der Waals surface area contributed by atoms with E-state index >= 15 is 0 Å². The van der Waals surface area contributed by atoms with Crippen LogP contribution in [0.5, 0.6) is 5.75 Å². The topological polar surface area (TPSA) is 170 Å². The quantitative estimate of drug-likeness (QED) is 0.0775. The number of aryl methyl sites for hydroxylation is 2. The lowest BCUT2D eigenvalue weighted by Gasteiger charge is -2.15. The van der Waals surface area contributed by atoms with Crippen molar-refractivity contribution in [3.63, 3.8) is 0 Å². The number of rotatable bonds is 12. The zero-order valence-electron chi connectivity index (χ0n) is 26.2. The number of anilines is 1. The standard InChI is InChI=1S/C36H34N4O7.2ClH/c41-30-15-11-25(26-12-16-33(43)39-34(26)30)31(42)21-37-20-23-10-14-29-32(19-23)47-36(46)40(29)17-5-4-6-22-9-13-28(38-35(44)45)27(18-22)24-7-2-1-3-8-24;;/h1-3,7-16,18-19,31,37-38,41-42H,4-6,17,20-21H2,(H,39,43)(H,44,45);2*1H/t31-;;/m0../s1. The molecule has 0 saturated carbocycles. The third-order valence-corrected chi connectivity index (χ3v) is 8.17. The van der Waals surface area contributed by atoms with Crippen molar-refractivity contribution in [3.05, 3.63) is 129 Å². The Bertz CT molecular complexity index is 2180. The fourth-order valence-electron chi connectivity index (χ4n) is 5.87. The number of pyridine rings is 1. The summed E-state index contributed by atoms with van der Waals surface area (Å²) in [5.74, 6) is -0.490. The maximum Gasteiger partial charge on any atom is 0.419 e. The van der Waals surface area contributed by atoms with Crippen LogP contribution in [0.3, 0.4) is 0 Å². The molecule has 0 saturated heterocycles. The highest BCUT2D eigenvalue weighted by atomic mass is 35.5. The second kappa shape index (κ2) is 16.4. The summed E-state index contributed by atoms with van der Waals surface area (Å²) in [7, 11) is 0. The Morgan fingerprint density at radius 2 is 1.67 bits per heavy atom. The smallest absolute Gasteiger partial charge is 0.419 e. The number of carboxylic acid groups (broad SMARTS) is 1. The van der Waals surface area contributed by atoms with E-state index in [1.165, 1.54) is 12.1 Å². The molecule has 0 radical (unpaired) electrons. The molecule has 1 atom stereocenters. The van der Waals surface area contributed by atoms with Gasteiger partial charge in [-0.1, -0.05) is 48.5 Å². The normalized spacial score (nSPS) is 11.5. The number of amides is 1. The van der Waals surface area contributed by atoms with Crippen LogP contribution in [0, 0.1) is 0 Å². The minimum Gasteiger partial charge on any atom is -0.506 e. The van der Waals surface area contributed by atoms with Gasteiger partial charge in [-0.05, 0) is 77.9 Å². The first-order valence-electron chi connectivity index (χ1n) is 15.3. The number of carbonyl (C=O) groups is 1. The summed E-state index contributed by atoms with van der Waals surface area (Å²) in [5.41, 5.74) is 5.91. The number of benzene rings is 4. The van der Waals surface area contributed by atoms with E-state index < -0.39 is 18.0 Å². The monoisotopic (exact) mass is 706 g/mol. The largest absolute Gasteiger partial charge is 0.506 e. The minimum atomic E-state index is -1.12. The van der Waals surface area contributed by atoms with Crippen molar-refractivity contribution in [2.75, 3.05) is 11.9 Å². The number of aromatic nitrogens is 2. The predicted octanol–water partition coefficient (Wildman–Crippen LogP) is 6.59. The molecule has 11 nitrogen and oxygen atoms in total. The summed E-state index contributed by atoms with van der Waals surface area (Å²) in [6.45, 7) is 1.12. The Kier molecular flexibility index (Phi) is 12.3. The van der Waals surface area contributed by atoms with Crippen molar-refractivity contribution in [2.24, 2.45) is 0 Å². The second-order valence-electron chi connectivity index (χ2n) is 11.4. The van der Waals surface area contributed by atoms with Crippen LogP contribution in [0.25, 0.3) is 33.1 Å². The minimum absolute atomic E-state index is 0. The molecule has 0 unspecified atom stereocenters. The third kappa shape index (κ3) is 8.51. The van der Waals surface area contributed by atoms with E-state index in [9.17, 15) is 29.7 Å². The number of phenolic OH excluding ortho intramolecular Hbond substituents is 1. The van der Waals surface area contributed by atoms with Crippen LogP contribution in [0.1, 0.15) is 35.6 Å². The van der Waals surface area contributed by atoms with Gasteiger partial charge in [0.1, 0.15) is 5.75 Å². The van der Waals surface area contributed by atoms with Crippen LogP contribution in [0.4, 0.5) is 10.5 Å². The van der Waals surface area contributed by atoms with E-state index in [0.717, 1.165) is 41.5 Å².